The summed E-state index contributed by atoms with van der Waals surface area (Å²) in [6, 6.07) is 6.75. The first kappa shape index (κ1) is 14.2. The van der Waals surface area contributed by atoms with Crippen molar-refractivity contribution >= 4 is 5.69 Å². The van der Waals surface area contributed by atoms with Gasteiger partial charge in [-0.2, -0.15) is 0 Å². The molecule has 1 atom stereocenters. The largest absolute Gasteiger partial charge is 0.502 e. The van der Waals surface area contributed by atoms with Crippen molar-refractivity contribution in [3.8, 4) is 0 Å². The van der Waals surface area contributed by atoms with Gasteiger partial charge in [0, 0.05) is 18.2 Å². The van der Waals surface area contributed by atoms with Gasteiger partial charge in [-0.25, -0.2) is 0 Å². The van der Waals surface area contributed by atoms with Crippen LogP contribution in [0.3, 0.4) is 0 Å². The standard InChI is InChI=1S/C13H18N2O3/c1-3-18-10-4-9-14-11(2)12-5-7-13(8-6-12)15(16)17/h3,5-8,11,14H,1,4,9-10H2,2H3. The van der Waals surface area contributed by atoms with Crippen molar-refractivity contribution in [3.05, 3.63) is 52.8 Å². The summed E-state index contributed by atoms with van der Waals surface area (Å²) in [4.78, 5) is 10.1. The molecule has 1 rings (SSSR count). The second kappa shape index (κ2) is 7.45. The number of rotatable bonds is 8. The summed E-state index contributed by atoms with van der Waals surface area (Å²) in [7, 11) is 0. The number of nitro groups is 1. The molecule has 0 fully saturated rings. The molecule has 0 aliphatic heterocycles. The van der Waals surface area contributed by atoms with Crippen molar-refractivity contribution in [3.63, 3.8) is 0 Å². The normalized spacial score (nSPS) is 11.8. The van der Waals surface area contributed by atoms with Crippen LogP contribution in [0.5, 0.6) is 0 Å². The van der Waals surface area contributed by atoms with Crippen LogP contribution in [-0.2, 0) is 4.74 Å². The Morgan fingerprint density at radius 2 is 2.17 bits per heavy atom. The van der Waals surface area contributed by atoms with Crippen LogP contribution in [0.1, 0.15) is 24.9 Å². The molecule has 1 aromatic rings. The lowest BCUT2D eigenvalue weighted by atomic mass is 10.1. The molecule has 0 amide bonds. The van der Waals surface area contributed by atoms with E-state index in [1.54, 1.807) is 12.1 Å². The lowest BCUT2D eigenvalue weighted by Gasteiger charge is -2.13. The number of non-ortho nitro benzene ring substituents is 1. The quantitative estimate of drug-likeness (QED) is 0.333. The Morgan fingerprint density at radius 1 is 1.50 bits per heavy atom. The first-order valence-corrected chi connectivity index (χ1v) is 5.85. The van der Waals surface area contributed by atoms with E-state index in [9.17, 15) is 10.1 Å². The first-order chi connectivity index (χ1) is 8.65. The second-order valence-electron chi connectivity index (χ2n) is 3.92. The summed E-state index contributed by atoms with van der Waals surface area (Å²) in [6.45, 7) is 6.96. The molecule has 0 aliphatic carbocycles. The predicted octanol–water partition coefficient (Wildman–Crippen LogP) is 2.80. The first-order valence-electron chi connectivity index (χ1n) is 5.85. The van der Waals surface area contributed by atoms with Crippen LogP contribution < -0.4 is 5.32 Å². The Balaban J connectivity index is 2.39. The molecule has 0 aromatic heterocycles. The molecule has 5 heteroatoms. The fraction of sp³-hybridized carbons (Fsp3) is 0.385. The number of nitro benzene ring substituents is 1. The highest BCUT2D eigenvalue weighted by Crippen LogP contribution is 2.17. The molecule has 0 radical (unpaired) electrons. The molecule has 18 heavy (non-hydrogen) atoms. The molecule has 1 aromatic carbocycles. The van der Waals surface area contributed by atoms with E-state index < -0.39 is 4.92 Å². The minimum Gasteiger partial charge on any atom is -0.502 e. The van der Waals surface area contributed by atoms with Crippen molar-refractivity contribution in [2.24, 2.45) is 0 Å². The Kier molecular flexibility index (Phi) is 5.87. The molecule has 0 aliphatic rings. The fourth-order valence-corrected chi connectivity index (χ4v) is 1.56. The molecule has 0 spiro atoms. The molecule has 0 heterocycles. The number of benzene rings is 1. The zero-order valence-corrected chi connectivity index (χ0v) is 10.5. The van der Waals surface area contributed by atoms with Crippen LogP contribution in [-0.4, -0.2) is 18.1 Å². The fourth-order valence-electron chi connectivity index (χ4n) is 1.56. The number of ether oxygens (including phenoxy) is 1. The van der Waals surface area contributed by atoms with E-state index in [4.69, 9.17) is 4.74 Å². The molecule has 0 bridgehead atoms. The van der Waals surface area contributed by atoms with Crippen LogP contribution >= 0.6 is 0 Å². The van der Waals surface area contributed by atoms with E-state index >= 15 is 0 Å². The second-order valence-corrected chi connectivity index (χ2v) is 3.92. The smallest absolute Gasteiger partial charge is 0.269 e. The number of hydrogen-bond acceptors (Lipinski definition) is 4. The van der Waals surface area contributed by atoms with Crippen molar-refractivity contribution in [2.75, 3.05) is 13.2 Å². The SMILES string of the molecule is C=COCCCNC(C)c1ccc([N+](=O)[O-])cc1. The third kappa shape index (κ3) is 4.55. The van der Waals surface area contributed by atoms with Gasteiger partial charge in [0.15, 0.2) is 0 Å². The van der Waals surface area contributed by atoms with Gasteiger partial charge in [-0.1, -0.05) is 18.7 Å². The van der Waals surface area contributed by atoms with E-state index in [2.05, 4.69) is 11.9 Å². The molecule has 5 nitrogen and oxygen atoms in total. The Morgan fingerprint density at radius 3 is 2.72 bits per heavy atom. The van der Waals surface area contributed by atoms with E-state index in [1.165, 1.54) is 18.4 Å². The van der Waals surface area contributed by atoms with Crippen molar-refractivity contribution in [1.29, 1.82) is 0 Å². The third-order valence-electron chi connectivity index (χ3n) is 2.61. The molecule has 1 unspecified atom stereocenters. The minimum absolute atomic E-state index is 0.116. The van der Waals surface area contributed by atoms with Crippen LogP contribution in [0, 0.1) is 10.1 Å². The van der Waals surface area contributed by atoms with Crippen molar-refractivity contribution in [2.45, 2.75) is 19.4 Å². The monoisotopic (exact) mass is 250 g/mol. The van der Waals surface area contributed by atoms with Crippen molar-refractivity contribution in [1.82, 2.24) is 5.32 Å². The third-order valence-corrected chi connectivity index (χ3v) is 2.61. The van der Waals surface area contributed by atoms with Crippen LogP contribution in [0.25, 0.3) is 0 Å². The van der Waals surface area contributed by atoms with Gasteiger partial charge in [-0.3, -0.25) is 10.1 Å². The highest BCUT2D eigenvalue weighted by atomic mass is 16.6. The zero-order chi connectivity index (χ0) is 13.4. The highest BCUT2D eigenvalue weighted by molar-refractivity contribution is 5.33. The maximum absolute atomic E-state index is 10.5. The zero-order valence-electron chi connectivity index (χ0n) is 10.5. The molecule has 0 saturated heterocycles. The summed E-state index contributed by atoms with van der Waals surface area (Å²) in [5.41, 5.74) is 1.15. The van der Waals surface area contributed by atoms with E-state index in [-0.39, 0.29) is 11.7 Å². The molecule has 98 valence electrons. The molecule has 1 N–H and O–H groups in total. The summed E-state index contributed by atoms with van der Waals surface area (Å²) in [6.07, 6.45) is 2.32. The Labute approximate surface area is 107 Å². The van der Waals surface area contributed by atoms with Gasteiger partial charge < -0.3 is 10.1 Å². The summed E-state index contributed by atoms with van der Waals surface area (Å²) < 4.78 is 5.01. The Bertz CT molecular complexity index is 390. The summed E-state index contributed by atoms with van der Waals surface area (Å²) >= 11 is 0. The number of hydrogen-bond donors (Lipinski definition) is 1. The van der Waals surface area contributed by atoms with Gasteiger partial charge in [0.1, 0.15) is 0 Å². The van der Waals surface area contributed by atoms with Gasteiger partial charge >= 0.3 is 0 Å². The average Bonchev–Trinajstić information content (AvgIpc) is 2.38. The topological polar surface area (TPSA) is 64.4 Å². The average molecular weight is 250 g/mol. The highest BCUT2D eigenvalue weighted by Gasteiger charge is 2.08. The van der Waals surface area contributed by atoms with Gasteiger partial charge in [0.05, 0.1) is 17.8 Å². The summed E-state index contributed by atoms with van der Waals surface area (Å²) in [5, 5.41) is 13.8. The van der Waals surface area contributed by atoms with E-state index in [0.29, 0.717) is 6.61 Å². The lowest BCUT2D eigenvalue weighted by Crippen LogP contribution is -2.20. The van der Waals surface area contributed by atoms with E-state index in [0.717, 1.165) is 18.5 Å². The maximum atomic E-state index is 10.5. The molecular weight excluding hydrogens is 232 g/mol. The van der Waals surface area contributed by atoms with Gasteiger partial charge in [-0.05, 0) is 25.5 Å². The predicted molar refractivity (Wildman–Crippen MR) is 70.3 cm³/mol. The van der Waals surface area contributed by atoms with Crippen LogP contribution in [0.2, 0.25) is 0 Å². The van der Waals surface area contributed by atoms with Crippen molar-refractivity contribution < 1.29 is 9.66 Å². The minimum atomic E-state index is -0.394. The van der Waals surface area contributed by atoms with E-state index in [1.807, 2.05) is 6.92 Å². The summed E-state index contributed by atoms with van der Waals surface area (Å²) in [5.74, 6) is 0. The molecule has 0 saturated carbocycles. The number of nitrogens with one attached hydrogen (secondary N) is 1. The van der Waals surface area contributed by atoms with Gasteiger partial charge in [-0.15, -0.1) is 0 Å². The lowest BCUT2D eigenvalue weighted by molar-refractivity contribution is -0.384. The molecular formula is C13H18N2O3. The van der Waals surface area contributed by atoms with Gasteiger partial charge in [0.2, 0.25) is 0 Å². The van der Waals surface area contributed by atoms with Gasteiger partial charge in [0.25, 0.3) is 5.69 Å². The number of nitrogens with zero attached hydrogens (tertiary/aromatic N) is 1. The maximum Gasteiger partial charge on any atom is 0.269 e. The van der Waals surface area contributed by atoms with Crippen LogP contribution in [0.15, 0.2) is 37.1 Å². The van der Waals surface area contributed by atoms with Crippen LogP contribution in [0.4, 0.5) is 5.69 Å². The Hall–Kier alpha value is -1.88.